The summed E-state index contributed by atoms with van der Waals surface area (Å²) in [6, 6.07) is 3.51. The first-order valence-corrected chi connectivity index (χ1v) is 7.52. The minimum absolute atomic E-state index is 0.0760. The van der Waals surface area contributed by atoms with Gasteiger partial charge in [-0.15, -0.1) is 0 Å². The molecule has 6 heteroatoms. The summed E-state index contributed by atoms with van der Waals surface area (Å²) in [6.45, 7) is 0.961. The van der Waals surface area contributed by atoms with Crippen LogP contribution in [0, 0.1) is 0 Å². The highest BCUT2D eigenvalue weighted by molar-refractivity contribution is 5.73. The van der Waals surface area contributed by atoms with Crippen molar-refractivity contribution in [3.05, 3.63) is 23.9 Å². The lowest BCUT2D eigenvalue weighted by Gasteiger charge is -2.12. The number of amides is 2. The maximum atomic E-state index is 11.4. The number of aliphatic hydroxyl groups is 1. The van der Waals surface area contributed by atoms with Crippen molar-refractivity contribution in [2.75, 3.05) is 13.2 Å². The zero-order chi connectivity index (χ0) is 14.9. The summed E-state index contributed by atoms with van der Waals surface area (Å²) in [5.41, 5.74) is 0.922. The van der Waals surface area contributed by atoms with E-state index in [0.29, 0.717) is 31.5 Å². The van der Waals surface area contributed by atoms with Crippen LogP contribution in [0.3, 0.4) is 0 Å². The van der Waals surface area contributed by atoms with Crippen molar-refractivity contribution in [2.45, 2.75) is 44.8 Å². The second kappa shape index (κ2) is 8.46. The fourth-order valence-corrected chi connectivity index (χ4v) is 2.29. The van der Waals surface area contributed by atoms with Crippen molar-refractivity contribution in [3.8, 4) is 5.88 Å². The van der Waals surface area contributed by atoms with E-state index < -0.39 is 0 Å². The van der Waals surface area contributed by atoms with Crippen LogP contribution in [-0.2, 0) is 6.54 Å². The monoisotopic (exact) mass is 293 g/mol. The molecule has 21 heavy (non-hydrogen) atoms. The molecule has 1 heterocycles. The third kappa shape index (κ3) is 5.59. The maximum Gasteiger partial charge on any atom is 0.315 e. The molecule has 2 rings (SSSR count). The van der Waals surface area contributed by atoms with Crippen LogP contribution in [0.15, 0.2) is 18.3 Å². The first-order valence-electron chi connectivity index (χ1n) is 7.52. The van der Waals surface area contributed by atoms with Crippen LogP contribution in [0.5, 0.6) is 5.88 Å². The number of hydrogen-bond donors (Lipinski definition) is 3. The van der Waals surface area contributed by atoms with Gasteiger partial charge >= 0.3 is 6.03 Å². The van der Waals surface area contributed by atoms with Gasteiger partial charge in [-0.1, -0.05) is 6.07 Å². The molecule has 0 radical (unpaired) electrons. The van der Waals surface area contributed by atoms with Gasteiger partial charge in [0.25, 0.3) is 0 Å². The van der Waals surface area contributed by atoms with Gasteiger partial charge in [-0.05, 0) is 37.7 Å². The second-order valence-electron chi connectivity index (χ2n) is 5.22. The fraction of sp³-hybridized carbons (Fsp3) is 0.600. The molecule has 1 aliphatic carbocycles. The summed E-state index contributed by atoms with van der Waals surface area (Å²) in [6.07, 6.45) is 7.27. The van der Waals surface area contributed by atoms with Crippen LogP contribution < -0.4 is 15.4 Å². The molecular weight excluding hydrogens is 270 g/mol. The molecule has 1 fully saturated rings. The summed E-state index contributed by atoms with van der Waals surface area (Å²) in [7, 11) is 0. The van der Waals surface area contributed by atoms with Crippen molar-refractivity contribution in [1.29, 1.82) is 0 Å². The molecule has 2 amide bonds. The Hall–Kier alpha value is -1.82. The third-order valence-electron chi connectivity index (χ3n) is 3.46. The third-order valence-corrected chi connectivity index (χ3v) is 3.46. The first kappa shape index (κ1) is 15.6. The van der Waals surface area contributed by atoms with E-state index in [-0.39, 0.29) is 12.6 Å². The number of aromatic nitrogens is 1. The SMILES string of the molecule is O=C(NCCCO)NCc1ccc(OC2CCCC2)nc1. The van der Waals surface area contributed by atoms with Crippen LogP contribution >= 0.6 is 0 Å². The Morgan fingerprint density at radius 1 is 1.33 bits per heavy atom. The minimum atomic E-state index is -0.241. The highest BCUT2D eigenvalue weighted by atomic mass is 16.5. The average Bonchev–Trinajstić information content (AvgIpc) is 3.00. The topological polar surface area (TPSA) is 83.5 Å². The minimum Gasteiger partial charge on any atom is -0.474 e. The highest BCUT2D eigenvalue weighted by Gasteiger charge is 2.16. The van der Waals surface area contributed by atoms with Crippen LogP contribution in [-0.4, -0.2) is 35.4 Å². The van der Waals surface area contributed by atoms with Gasteiger partial charge in [0.1, 0.15) is 6.10 Å². The zero-order valence-electron chi connectivity index (χ0n) is 12.2. The Labute approximate surface area is 124 Å². The van der Waals surface area contributed by atoms with Gasteiger partial charge in [0, 0.05) is 32.0 Å². The number of rotatable bonds is 7. The predicted molar refractivity (Wildman–Crippen MR) is 79.1 cm³/mol. The molecule has 1 aromatic rings. The van der Waals surface area contributed by atoms with E-state index in [1.54, 1.807) is 6.20 Å². The van der Waals surface area contributed by atoms with Crippen molar-refractivity contribution in [2.24, 2.45) is 0 Å². The predicted octanol–water partition coefficient (Wildman–Crippen LogP) is 1.58. The van der Waals surface area contributed by atoms with Gasteiger partial charge in [-0.2, -0.15) is 0 Å². The van der Waals surface area contributed by atoms with Gasteiger partial charge in [-0.25, -0.2) is 9.78 Å². The smallest absolute Gasteiger partial charge is 0.315 e. The lowest BCUT2D eigenvalue weighted by molar-refractivity contribution is 0.201. The van der Waals surface area contributed by atoms with Gasteiger partial charge < -0.3 is 20.5 Å². The number of nitrogens with one attached hydrogen (secondary N) is 2. The molecule has 1 aliphatic rings. The number of carbonyl (C=O) groups excluding carboxylic acids is 1. The van der Waals surface area contributed by atoms with Crippen molar-refractivity contribution in [1.82, 2.24) is 15.6 Å². The van der Waals surface area contributed by atoms with E-state index in [1.165, 1.54) is 12.8 Å². The number of hydrogen-bond acceptors (Lipinski definition) is 4. The standard InChI is InChI=1S/C15H23N3O3/c19-9-3-8-16-15(20)18-11-12-6-7-14(17-10-12)21-13-4-1-2-5-13/h6-7,10,13,19H,1-5,8-9,11H2,(H2,16,18,20). The number of urea groups is 1. The lowest BCUT2D eigenvalue weighted by Crippen LogP contribution is -2.35. The maximum absolute atomic E-state index is 11.4. The van der Waals surface area contributed by atoms with Crippen molar-refractivity contribution >= 4 is 6.03 Å². The summed E-state index contributed by atoms with van der Waals surface area (Å²) < 4.78 is 5.79. The average molecular weight is 293 g/mol. The largest absolute Gasteiger partial charge is 0.474 e. The van der Waals surface area contributed by atoms with E-state index in [0.717, 1.165) is 18.4 Å². The summed E-state index contributed by atoms with van der Waals surface area (Å²) >= 11 is 0. The van der Waals surface area contributed by atoms with Crippen LogP contribution in [0.4, 0.5) is 4.79 Å². The first-order chi connectivity index (χ1) is 10.3. The highest BCUT2D eigenvalue weighted by Crippen LogP contribution is 2.22. The Morgan fingerprint density at radius 2 is 2.14 bits per heavy atom. The van der Waals surface area contributed by atoms with E-state index in [1.807, 2.05) is 12.1 Å². The second-order valence-corrected chi connectivity index (χ2v) is 5.22. The van der Waals surface area contributed by atoms with Crippen LogP contribution in [0.25, 0.3) is 0 Å². The number of nitrogens with zero attached hydrogens (tertiary/aromatic N) is 1. The number of carbonyl (C=O) groups is 1. The quantitative estimate of drug-likeness (QED) is 0.667. The molecule has 0 saturated heterocycles. The fourth-order valence-electron chi connectivity index (χ4n) is 2.29. The molecule has 1 aromatic heterocycles. The molecule has 0 aliphatic heterocycles. The lowest BCUT2D eigenvalue weighted by atomic mass is 10.3. The van der Waals surface area contributed by atoms with Gasteiger partial charge in [-0.3, -0.25) is 0 Å². The van der Waals surface area contributed by atoms with Gasteiger partial charge in [0.05, 0.1) is 0 Å². The summed E-state index contributed by atoms with van der Waals surface area (Å²) in [5, 5.41) is 14.0. The Morgan fingerprint density at radius 3 is 2.81 bits per heavy atom. The van der Waals surface area contributed by atoms with E-state index in [9.17, 15) is 4.79 Å². The molecule has 0 aromatic carbocycles. The van der Waals surface area contributed by atoms with E-state index >= 15 is 0 Å². The molecular formula is C15H23N3O3. The Bertz CT molecular complexity index is 430. The summed E-state index contributed by atoms with van der Waals surface area (Å²) in [4.78, 5) is 15.7. The molecule has 0 spiro atoms. The Balaban J connectivity index is 1.70. The van der Waals surface area contributed by atoms with Gasteiger partial charge in [0.2, 0.25) is 5.88 Å². The van der Waals surface area contributed by atoms with Crippen LogP contribution in [0.1, 0.15) is 37.7 Å². The number of pyridine rings is 1. The Kier molecular flexibility index (Phi) is 6.27. The molecule has 116 valence electrons. The summed E-state index contributed by atoms with van der Waals surface area (Å²) in [5.74, 6) is 0.651. The van der Waals surface area contributed by atoms with E-state index in [4.69, 9.17) is 9.84 Å². The van der Waals surface area contributed by atoms with Crippen molar-refractivity contribution < 1.29 is 14.6 Å². The normalized spacial score (nSPS) is 14.9. The van der Waals surface area contributed by atoms with Crippen LogP contribution in [0.2, 0.25) is 0 Å². The zero-order valence-corrected chi connectivity index (χ0v) is 12.2. The molecule has 0 unspecified atom stereocenters. The molecule has 1 saturated carbocycles. The number of aliphatic hydroxyl groups excluding tert-OH is 1. The number of ether oxygens (including phenoxy) is 1. The van der Waals surface area contributed by atoms with Gasteiger partial charge in [0.15, 0.2) is 0 Å². The molecule has 6 nitrogen and oxygen atoms in total. The molecule has 0 bridgehead atoms. The van der Waals surface area contributed by atoms with Crippen molar-refractivity contribution in [3.63, 3.8) is 0 Å². The molecule has 3 N–H and O–H groups in total. The molecule has 0 atom stereocenters. The van der Waals surface area contributed by atoms with E-state index in [2.05, 4.69) is 15.6 Å².